The van der Waals surface area contributed by atoms with Crippen LogP contribution in [-0.2, 0) is 0 Å². The molecule has 0 aliphatic heterocycles. The normalized spacial score (nSPS) is 11.4. The van der Waals surface area contributed by atoms with Crippen molar-refractivity contribution in [3.8, 4) is 23.3 Å². The first-order valence-corrected chi connectivity index (χ1v) is 9.97. The van der Waals surface area contributed by atoms with E-state index in [2.05, 4.69) is 11.4 Å². The summed E-state index contributed by atoms with van der Waals surface area (Å²) in [6.07, 6.45) is 1.72. The van der Waals surface area contributed by atoms with Gasteiger partial charge in [-0.2, -0.15) is 5.26 Å². The molecule has 1 atom stereocenters. The van der Waals surface area contributed by atoms with Gasteiger partial charge in [0.1, 0.15) is 17.5 Å². The standard InChI is InChI=1S/C26H21N3O2/c1-19(20-10-4-2-5-11-20)28-26(30)25-21(18-27)16-17-29(25)23-14-8-9-15-24(23)31-22-12-6-3-7-13-22/h2-17,19H,1H3,(H,28,30)/t19-/m1/s1. The van der Waals surface area contributed by atoms with E-state index in [0.29, 0.717) is 22.7 Å². The molecule has 0 bridgehead atoms. The van der Waals surface area contributed by atoms with Gasteiger partial charge in [-0.25, -0.2) is 0 Å². The fraction of sp³-hybridized carbons (Fsp3) is 0.0769. The summed E-state index contributed by atoms with van der Waals surface area (Å²) in [4.78, 5) is 13.2. The van der Waals surface area contributed by atoms with Crippen LogP contribution in [0, 0.1) is 11.3 Å². The lowest BCUT2D eigenvalue weighted by Crippen LogP contribution is -2.29. The van der Waals surface area contributed by atoms with Crippen molar-refractivity contribution in [1.82, 2.24) is 9.88 Å². The van der Waals surface area contributed by atoms with Crippen molar-refractivity contribution in [2.45, 2.75) is 13.0 Å². The van der Waals surface area contributed by atoms with Gasteiger partial charge < -0.3 is 14.6 Å². The minimum absolute atomic E-state index is 0.209. The third-order valence-corrected chi connectivity index (χ3v) is 4.96. The summed E-state index contributed by atoms with van der Waals surface area (Å²) in [5.41, 5.74) is 2.23. The number of benzene rings is 3. The summed E-state index contributed by atoms with van der Waals surface area (Å²) in [7, 11) is 0. The Labute approximate surface area is 181 Å². The molecule has 1 N–H and O–H groups in total. The third kappa shape index (κ3) is 4.34. The first-order chi connectivity index (χ1) is 15.2. The molecule has 4 rings (SSSR count). The maximum atomic E-state index is 13.2. The van der Waals surface area contributed by atoms with Gasteiger partial charge in [0, 0.05) is 6.20 Å². The number of para-hydroxylation sites is 3. The van der Waals surface area contributed by atoms with Gasteiger partial charge in [-0.3, -0.25) is 4.79 Å². The molecule has 0 aliphatic rings. The Hall–Kier alpha value is -4.30. The highest BCUT2D eigenvalue weighted by atomic mass is 16.5. The van der Waals surface area contributed by atoms with Gasteiger partial charge in [-0.1, -0.05) is 60.7 Å². The fourth-order valence-electron chi connectivity index (χ4n) is 3.40. The Morgan fingerprint density at radius 2 is 1.58 bits per heavy atom. The van der Waals surface area contributed by atoms with Crippen molar-refractivity contribution in [3.05, 3.63) is 114 Å². The molecule has 0 aliphatic carbocycles. The maximum Gasteiger partial charge on any atom is 0.270 e. The van der Waals surface area contributed by atoms with E-state index >= 15 is 0 Å². The maximum absolute atomic E-state index is 13.2. The van der Waals surface area contributed by atoms with E-state index in [1.807, 2.05) is 91.9 Å². The van der Waals surface area contributed by atoms with Crippen LogP contribution in [0.15, 0.2) is 97.2 Å². The van der Waals surface area contributed by atoms with Crippen LogP contribution in [0.1, 0.15) is 34.6 Å². The molecule has 5 heteroatoms. The minimum Gasteiger partial charge on any atom is -0.455 e. The summed E-state index contributed by atoms with van der Waals surface area (Å²) >= 11 is 0. The van der Waals surface area contributed by atoms with E-state index in [1.165, 1.54) is 0 Å². The molecule has 0 radical (unpaired) electrons. The second-order valence-corrected chi connectivity index (χ2v) is 7.05. The number of carbonyl (C=O) groups is 1. The molecule has 1 heterocycles. The highest BCUT2D eigenvalue weighted by Gasteiger charge is 2.22. The van der Waals surface area contributed by atoms with Crippen LogP contribution >= 0.6 is 0 Å². The minimum atomic E-state index is -0.326. The second-order valence-electron chi connectivity index (χ2n) is 7.05. The zero-order chi connectivity index (χ0) is 21.6. The predicted molar refractivity (Wildman–Crippen MR) is 119 cm³/mol. The first kappa shape index (κ1) is 20.0. The lowest BCUT2D eigenvalue weighted by molar-refractivity contribution is 0.0932. The van der Waals surface area contributed by atoms with E-state index in [1.54, 1.807) is 16.8 Å². The Kier molecular flexibility index (Phi) is 5.82. The van der Waals surface area contributed by atoms with Crippen molar-refractivity contribution < 1.29 is 9.53 Å². The predicted octanol–water partition coefficient (Wildman–Crippen LogP) is 5.63. The molecule has 31 heavy (non-hydrogen) atoms. The largest absolute Gasteiger partial charge is 0.455 e. The average Bonchev–Trinajstić information content (AvgIpc) is 3.25. The quantitative estimate of drug-likeness (QED) is 0.450. The number of amides is 1. The van der Waals surface area contributed by atoms with Crippen LogP contribution in [0.3, 0.4) is 0 Å². The smallest absolute Gasteiger partial charge is 0.270 e. The highest BCUT2D eigenvalue weighted by Crippen LogP contribution is 2.30. The molecule has 1 aromatic heterocycles. The number of nitriles is 1. The van der Waals surface area contributed by atoms with Gasteiger partial charge in [-0.15, -0.1) is 0 Å². The van der Waals surface area contributed by atoms with Crippen LogP contribution in [0.2, 0.25) is 0 Å². The van der Waals surface area contributed by atoms with Crippen molar-refractivity contribution in [2.24, 2.45) is 0 Å². The molecule has 0 fully saturated rings. The van der Waals surface area contributed by atoms with Crippen LogP contribution < -0.4 is 10.1 Å². The SMILES string of the molecule is C[C@@H](NC(=O)c1c(C#N)ccn1-c1ccccc1Oc1ccccc1)c1ccccc1. The van der Waals surface area contributed by atoms with E-state index < -0.39 is 0 Å². The van der Waals surface area contributed by atoms with Gasteiger partial charge in [0.2, 0.25) is 0 Å². The van der Waals surface area contributed by atoms with Crippen molar-refractivity contribution in [2.75, 3.05) is 0 Å². The van der Waals surface area contributed by atoms with Crippen molar-refractivity contribution >= 4 is 5.91 Å². The molecule has 4 aromatic rings. The zero-order valence-corrected chi connectivity index (χ0v) is 17.0. The summed E-state index contributed by atoms with van der Waals surface area (Å²) in [6, 6.07) is 30.1. The van der Waals surface area contributed by atoms with Crippen molar-refractivity contribution in [3.63, 3.8) is 0 Å². The molecular weight excluding hydrogens is 386 g/mol. The fourth-order valence-corrected chi connectivity index (χ4v) is 3.40. The molecule has 5 nitrogen and oxygen atoms in total. The number of hydrogen-bond acceptors (Lipinski definition) is 3. The molecule has 1 amide bonds. The Bertz CT molecular complexity index is 1220. The Morgan fingerprint density at radius 3 is 2.29 bits per heavy atom. The number of nitrogens with zero attached hydrogens (tertiary/aromatic N) is 2. The highest BCUT2D eigenvalue weighted by molar-refractivity contribution is 5.96. The number of nitrogens with one attached hydrogen (secondary N) is 1. The summed E-state index contributed by atoms with van der Waals surface area (Å²) in [5.74, 6) is 0.942. The molecular formula is C26H21N3O2. The van der Waals surface area contributed by atoms with Gasteiger partial charge in [0.05, 0.1) is 17.3 Å². The molecule has 0 unspecified atom stereocenters. The monoisotopic (exact) mass is 407 g/mol. The van der Waals surface area contributed by atoms with Crippen LogP contribution in [0.5, 0.6) is 11.5 Å². The molecule has 152 valence electrons. The second kappa shape index (κ2) is 9.02. The summed E-state index contributed by atoms with van der Waals surface area (Å²) < 4.78 is 7.75. The summed E-state index contributed by atoms with van der Waals surface area (Å²) in [5, 5.41) is 12.6. The Balaban J connectivity index is 1.69. The number of ether oxygens (including phenoxy) is 1. The number of carbonyl (C=O) groups excluding carboxylic acids is 1. The molecule has 0 spiro atoms. The van der Waals surface area contributed by atoms with Gasteiger partial charge in [-0.05, 0) is 42.8 Å². The average molecular weight is 407 g/mol. The molecule has 3 aromatic carbocycles. The topological polar surface area (TPSA) is 67.0 Å². The number of aromatic nitrogens is 1. The summed E-state index contributed by atoms with van der Waals surface area (Å²) in [6.45, 7) is 1.92. The lowest BCUT2D eigenvalue weighted by atomic mass is 10.1. The van der Waals surface area contributed by atoms with Crippen molar-refractivity contribution in [1.29, 1.82) is 5.26 Å². The van der Waals surface area contributed by atoms with E-state index in [-0.39, 0.29) is 17.6 Å². The zero-order valence-electron chi connectivity index (χ0n) is 17.0. The van der Waals surface area contributed by atoms with Gasteiger partial charge in [0.15, 0.2) is 5.75 Å². The molecule has 0 saturated carbocycles. The number of hydrogen-bond donors (Lipinski definition) is 1. The third-order valence-electron chi connectivity index (χ3n) is 4.96. The van der Waals surface area contributed by atoms with E-state index in [9.17, 15) is 10.1 Å². The van der Waals surface area contributed by atoms with E-state index in [4.69, 9.17) is 4.74 Å². The molecule has 0 saturated heterocycles. The van der Waals surface area contributed by atoms with Crippen LogP contribution in [-0.4, -0.2) is 10.5 Å². The first-order valence-electron chi connectivity index (χ1n) is 9.97. The van der Waals surface area contributed by atoms with Crippen LogP contribution in [0.4, 0.5) is 0 Å². The lowest BCUT2D eigenvalue weighted by Gasteiger charge is -2.17. The Morgan fingerprint density at radius 1 is 0.935 bits per heavy atom. The van der Waals surface area contributed by atoms with Gasteiger partial charge in [0.25, 0.3) is 5.91 Å². The van der Waals surface area contributed by atoms with Gasteiger partial charge >= 0.3 is 0 Å². The van der Waals surface area contributed by atoms with Crippen LogP contribution in [0.25, 0.3) is 5.69 Å². The number of rotatable bonds is 6. The van der Waals surface area contributed by atoms with E-state index in [0.717, 1.165) is 5.56 Å².